The SMILES string of the molecule is CCCOc1cccc(NCc2cc(C)ccc2O)c1. The standard InChI is InChI=1S/C17H21NO2/c1-3-9-20-16-6-4-5-15(11-16)18-12-14-10-13(2)7-8-17(14)19/h4-8,10-11,18-19H,3,9,12H2,1-2H3. The molecule has 0 spiro atoms. The summed E-state index contributed by atoms with van der Waals surface area (Å²) in [7, 11) is 0. The average molecular weight is 271 g/mol. The second-order valence-corrected chi connectivity index (χ2v) is 4.86. The topological polar surface area (TPSA) is 41.5 Å². The molecule has 2 rings (SSSR count). The van der Waals surface area contributed by atoms with Crippen LogP contribution in [0.2, 0.25) is 0 Å². The lowest BCUT2D eigenvalue weighted by Gasteiger charge is -2.11. The van der Waals surface area contributed by atoms with Crippen LogP contribution in [0.4, 0.5) is 5.69 Å². The lowest BCUT2D eigenvalue weighted by molar-refractivity contribution is 0.317. The third-order valence-corrected chi connectivity index (χ3v) is 3.02. The maximum atomic E-state index is 9.82. The molecule has 0 saturated carbocycles. The van der Waals surface area contributed by atoms with Gasteiger partial charge in [-0.05, 0) is 31.5 Å². The first-order valence-electron chi connectivity index (χ1n) is 6.94. The van der Waals surface area contributed by atoms with E-state index in [1.807, 2.05) is 43.3 Å². The van der Waals surface area contributed by atoms with Crippen LogP contribution in [0, 0.1) is 6.92 Å². The molecule has 2 aromatic carbocycles. The number of hydrogen-bond acceptors (Lipinski definition) is 3. The van der Waals surface area contributed by atoms with Crippen molar-refractivity contribution in [1.82, 2.24) is 0 Å². The molecule has 3 heteroatoms. The number of hydrogen-bond donors (Lipinski definition) is 2. The van der Waals surface area contributed by atoms with Crippen LogP contribution in [0.15, 0.2) is 42.5 Å². The van der Waals surface area contributed by atoms with Crippen molar-refractivity contribution in [3.8, 4) is 11.5 Å². The van der Waals surface area contributed by atoms with Gasteiger partial charge < -0.3 is 15.2 Å². The zero-order valence-corrected chi connectivity index (χ0v) is 12.0. The molecule has 0 aromatic heterocycles. The molecule has 0 fully saturated rings. The van der Waals surface area contributed by atoms with E-state index in [2.05, 4.69) is 12.2 Å². The highest BCUT2D eigenvalue weighted by Gasteiger charge is 2.02. The van der Waals surface area contributed by atoms with E-state index in [0.717, 1.165) is 35.6 Å². The van der Waals surface area contributed by atoms with Gasteiger partial charge in [-0.3, -0.25) is 0 Å². The molecule has 2 N–H and O–H groups in total. The van der Waals surface area contributed by atoms with E-state index in [1.165, 1.54) is 0 Å². The van der Waals surface area contributed by atoms with Crippen LogP contribution in [-0.2, 0) is 6.54 Å². The van der Waals surface area contributed by atoms with Gasteiger partial charge in [0.25, 0.3) is 0 Å². The van der Waals surface area contributed by atoms with Crippen LogP contribution in [0.25, 0.3) is 0 Å². The molecule has 20 heavy (non-hydrogen) atoms. The fourth-order valence-corrected chi connectivity index (χ4v) is 1.97. The van der Waals surface area contributed by atoms with Crippen LogP contribution in [0.1, 0.15) is 24.5 Å². The summed E-state index contributed by atoms with van der Waals surface area (Å²) >= 11 is 0. The first kappa shape index (κ1) is 14.3. The van der Waals surface area contributed by atoms with Gasteiger partial charge in [0.2, 0.25) is 0 Å². The smallest absolute Gasteiger partial charge is 0.121 e. The number of benzene rings is 2. The van der Waals surface area contributed by atoms with Gasteiger partial charge in [-0.2, -0.15) is 0 Å². The number of anilines is 1. The minimum atomic E-state index is 0.321. The Labute approximate surface area is 120 Å². The number of aromatic hydroxyl groups is 1. The third kappa shape index (κ3) is 3.92. The number of aryl methyl sites for hydroxylation is 1. The first-order chi connectivity index (χ1) is 9.69. The van der Waals surface area contributed by atoms with Gasteiger partial charge in [0.1, 0.15) is 11.5 Å². The second-order valence-electron chi connectivity index (χ2n) is 4.86. The molecule has 0 bridgehead atoms. The highest BCUT2D eigenvalue weighted by molar-refractivity contribution is 5.49. The Morgan fingerprint density at radius 1 is 1.15 bits per heavy atom. The average Bonchev–Trinajstić information content (AvgIpc) is 2.46. The Morgan fingerprint density at radius 3 is 2.80 bits per heavy atom. The van der Waals surface area contributed by atoms with Gasteiger partial charge in [-0.15, -0.1) is 0 Å². The predicted molar refractivity (Wildman–Crippen MR) is 82.4 cm³/mol. The van der Waals surface area contributed by atoms with Gasteiger partial charge >= 0.3 is 0 Å². The molecule has 0 saturated heterocycles. The highest BCUT2D eigenvalue weighted by Crippen LogP contribution is 2.22. The Kier molecular flexibility index (Phi) is 4.88. The van der Waals surface area contributed by atoms with E-state index in [-0.39, 0.29) is 0 Å². The molecule has 0 radical (unpaired) electrons. The monoisotopic (exact) mass is 271 g/mol. The van der Waals surface area contributed by atoms with Crippen molar-refractivity contribution < 1.29 is 9.84 Å². The first-order valence-corrected chi connectivity index (χ1v) is 6.94. The Hall–Kier alpha value is -2.16. The van der Waals surface area contributed by atoms with Crippen molar-refractivity contribution in [2.75, 3.05) is 11.9 Å². The van der Waals surface area contributed by atoms with E-state index in [9.17, 15) is 5.11 Å². The third-order valence-electron chi connectivity index (χ3n) is 3.02. The fourth-order valence-electron chi connectivity index (χ4n) is 1.97. The normalized spacial score (nSPS) is 10.3. The van der Waals surface area contributed by atoms with Crippen LogP contribution < -0.4 is 10.1 Å². The molecular formula is C17H21NO2. The number of rotatable bonds is 6. The summed E-state index contributed by atoms with van der Waals surface area (Å²) in [5, 5.41) is 13.1. The Bertz CT molecular complexity index is 567. The molecular weight excluding hydrogens is 250 g/mol. The minimum absolute atomic E-state index is 0.321. The quantitative estimate of drug-likeness (QED) is 0.831. The van der Waals surface area contributed by atoms with E-state index in [0.29, 0.717) is 12.3 Å². The fraction of sp³-hybridized carbons (Fsp3) is 0.294. The van der Waals surface area contributed by atoms with E-state index in [4.69, 9.17) is 4.74 Å². The van der Waals surface area contributed by atoms with Gasteiger partial charge in [-0.1, -0.05) is 30.7 Å². The molecule has 0 unspecified atom stereocenters. The molecule has 0 heterocycles. The molecule has 0 aliphatic carbocycles. The number of nitrogens with one attached hydrogen (secondary N) is 1. The summed E-state index contributed by atoms with van der Waals surface area (Å²) in [4.78, 5) is 0. The lowest BCUT2D eigenvalue weighted by Crippen LogP contribution is -2.01. The summed E-state index contributed by atoms with van der Waals surface area (Å²) in [6, 6.07) is 13.5. The molecule has 0 amide bonds. The van der Waals surface area contributed by atoms with Crippen LogP contribution in [-0.4, -0.2) is 11.7 Å². The van der Waals surface area contributed by atoms with E-state index < -0.39 is 0 Å². The van der Waals surface area contributed by atoms with Crippen LogP contribution >= 0.6 is 0 Å². The lowest BCUT2D eigenvalue weighted by atomic mass is 10.1. The Morgan fingerprint density at radius 2 is 2.00 bits per heavy atom. The highest BCUT2D eigenvalue weighted by atomic mass is 16.5. The largest absolute Gasteiger partial charge is 0.508 e. The maximum absolute atomic E-state index is 9.82. The Balaban J connectivity index is 2.01. The molecule has 106 valence electrons. The van der Waals surface area contributed by atoms with Gasteiger partial charge in [-0.25, -0.2) is 0 Å². The van der Waals surface area contributed by atoms with Crippen molar-refractivity contribution in [3.05, 3.63) is 53.6 Å². The summed E-state index contributed by atoms with van der Waals surface area (Å²) in [5.41, 5.74) is 3.02. The van der Waals surface area contributed by atoms with Gasteiger partial charge in [0, 0.05) is 23.9 Å². The predicted octanol–water partition coefficient (Wildman–Crippen LogP) is 4.10. The van der Waals surface area contributed by atoms with Crippen LogP contribution in [0.5, 0.6) is 11.5 Å². The van der Waals surface area contributed by atoms with Crippen molar-refractivity contribution >= 4 is 5.69 Å². The van der Waals surface area contributed by atoms with Gasteiger partial charge in [0.05, 0.1) is 6.61 Å². The minimum Gasteiger partial charge on any atom is -0.508 e. The zero-order chi connectivity index (χ0) is 14.4. The van der Waals surface area contributed by atoms with Crippen molar-refractivity contribution in [1.29, 1.82) is 0 Å². The molecule has 0 aliphatic rings. The van der Waals surface area contributed by atoms with Crippen molar-refractivity contribution in [3.63, 3.8) is 0 Å². The summed E-state index contributed by atoms with van der Waals surface area (Å²) in [6.45, 7) is 5.41. The summed E-state index contributed by atoms with van der Waals surface area (Å²) in [5.74, 6) is 1.19. The maximum Gasteiger partial charge on any atom is 0.121 e. The van der Waals surface area contributed by atoms with E-state index >= 15 is 0 Å². The van der Waals surface area contributed by atoms with Crippen molar-refractivity contribution in [2.45, 2.75) is 26.8 Å². The summed E-state index contributed by atoms with van der Waals surface area (Å²) < 4.78 is 5.60. The zero-order valence-electron chi connectivity index (χ0n) is 12.0. The molecule has 0 aliphatic heterocycles. The summed E-state index contributed by atoms with van der Waals surface area (Å²) in [6.07, 6.45) is 0.995. The second kappa shape index (κ2) is 6.85. The molecule has 3 nitrogen and oxygen atoms in total. The molecule has 0 atom stereocenters. The number of phenolic OH excluding ortho intramolecular Hbond substituents is 1. The number of phenols is 1. The number of ether oxygens (including phenoxy) is 1. The van der Waals surface area contributed by atoms with E-state index in [1.54, 1.807) is 6.07 Å². The molecule has 2 aromatic rings. The van der Waals surface area contributed by atoms with Crippen molar-refractivity contribution in [2.24, 2.45) is 0 Å². The van der Waals surface area contributed by atoms with Crippen LogP contribution in [0.3, 0.4) is 0 Å². The van der Waals surface area contributed by atoms with Gasteiger partial charge in [0.15, 0.2) is 0 Å².